The maximum atomic E-state index is 9.79. The smallest absolute Gasteiger partial charge is 0.292 e. The van der Waals surface area contributed by atoms with Crippen LogP contribution < -0.4 is 5.73 Å². The summed E-state index contributed by atoms with van der Waals surface area (Å²) >= 11 is 0. The van der Waals surface area contributed by atoms with E-state index < -0.39 is 22.2 Å². The Morgan fingerprint density at radius 2 is 1.68 bits per heavy atom. The van der Waals surface area contributed by atoms with Crippen LogP contribution in [-0.2, 0) is 9.47 Å². The van der Waals surface area contributed by atoms with Crippen molar-refractivity contribution < 1.29 is 9.47 Å². The number of ether oxygens (including phenoxy) is 2. The topological polar surface area (TPSA) is 104 Å². The fourth-order valence-corrected chi connectivity index (χ4v) is 4.30. The molecular weight excluding hydrogens is 244 g/mol. The predicted octanol–water partition coefficient (Wildman–Crippen LogP) is 1.14. The number of hydrogen-bond acceptors (Lipinski definition) is 6. The van der Waals surface area contributed by atoms with Crippen LogP contribution in [0.2, 0.25) is 0 Å². The Hall–Kier alpha value is -1.63. The quantitative estimate of drug-likeness (QED) is 0.765. The van der Waals surface area contributed by atoms with Gasteiger partial charge in [0.05, 0.1) is 12.1 Å². The summed E-state index contributed by atoms with van der Waals surface area (Å²) in [6, 6.07) is 4.49. The molecule has 0 bridgehead atoms. The van der Waals surface area contributed by atoms with E-state index in [1.54, 1.807) is 0 Å². The lowest BCUT2D eigenvalue weighted by Gasteiger charge is -2.32. The lowest BCUT2D eigenvalue weighted by Crippen LogP contribution is -2.43. The summed E-state index contributed by atoms with van der Waals surface area (Å²) in [5, 5.41) is 19.5. The van der Waals surface area contributed by atoms with Gasteiger partial charge in [-0.2, -0.15) is 10.5 Å². The Morgan fingerprint density at radius 1 is 1.16 bits per heavy atom. The van der Waals surface area contributed by atoms with Gasteiger partial charge in [0.15, 0.2) is 5.41 Å². The van der Waals surface area contributed by atoms with Gasteiger partial charge in [-0.05, 0) is 12.8 Å². The van der Waals surface area contributed by atoms with Gasteiger partial charge in [-0.25, -0.2) is 4.99 Å². The van der Waals surface area contributed by atoms with Crippen molar-refractivity contribution in [2.75, 3.05) is 14.2 Å². The molecule has 2 rings (SSSR count). The molecule has 1 aliphatic carbocycles. The Morgan fingerprint density at radius 3 is 1.95 bits per heavy atom. The first-order chi connectivity index (χ1) is 8.99. The van der Waals surface area contributed by atoms with Crippen LogP contribution >= 0.6 is 0 Å². The number of amidine groups is 1. The maximum Gasteiger partial charge on any atom is 0.292 e. The van der Waals surface area contributed by atoms with Gasteiger partial charge in [0, 0.05) is 19.6 Å². The summed E-state index contributed by atoms with van der Waals surface area (Å²) in [4.78, 5) is 4.17. The summed E-state index contributed by atoms with van der Waals surface area (Å²) in [6.45, 7) is 3.90. The minimum Gasteiger partial charge on any atom is -0.386 e. The minimum atomic E-state index is -1.49. The van der Waals surface area contributed by atoms with Crippen LogP contribution in [0.1, 0.15) is 26.7 Å². The Bertz CT molecular complexity index is 522. The van der Waals surface area contributed by atoms with Gasteiger partial charge in [0.2, 0.25) is 0 Å². The Balaban J connectivity index is 2.80. The second-order valence-corrected chi connectivity index (χ2v) is 5.00. The molecule has 2 aliphatic rings. The summed E-state index contributed by atoms with van der Waals surface area (Å²) in [5.41, 5.74) is 3.11. The first-order valence-electron chi connectivity index (χ1n) is 6.28. The molecular formula is C13H18N4O2. The molecule has 6 heteroatoms. The van der Waals surface area contributed by atoms with Crippen LogP contribution in [0, 0.1) is 38.9 Å². The van der Waals surface area contributed by atoms with Gasteiger partial charge in [-0.1, -0.05) is 13.8 Å². The number of fused-ring (bicyclic) bond motifs is 1. The first kappa shape index (κ1) is 13.8. The fourth-order valence-electron chi connectivity index (χ4n) is 4.30. The second kappa shape index (κ2) is 3.69. The molecule has 0 spiro atoms. The second-order valence-electron chi connectivity index (χ2n) is 5.00. The molecule has 1 fully saturated rings. The molecule has 102 valence electrons. The van der Waals surface area contributed by atoms with E-state index in [2.05, 4.69) is 17.1 Å². The zero-order chi connectivity index (χ0) is 14.5. The molecule has 1 saturated carbocycles. The molecule has 0 aromatic rings. The van der Waals surface area contributed by atoms with Gasteiger partial charge >= 0.3 is 0 Å². The summed E-state index contributed by atoms with van der Waals surface area (Å²) < 4.78 is 10.8. The van der Waals surface area contributed by atoms with Crippen molar-refractivity contribution >= 4 is 5.84 Å². The number of nitrogens with two attached hydrogens (primary N) is 1. The molecule has 0 unspecified atom stereocenters. The maximum absolute atomic E-state index is 9.79. The van der Waals surface area contributed by atoms with Crippen molar-refractivity contribution in [2.45, 2.75) is 32.6 Å². The lowest BCUT2D eigenvalue weighted by atomic mass is 9.85. The van der Waals surface area contributed by atoms with Crippen LogP contribution in [0.5, 0.6) is 0 Å². The molecule has 2 N–H and O–H groups in total. The van der Waals surface area contributed by atoms with Gasteiger partial charge in [-0.3, -0.25) is 0 Å². The standard InChI is InChI=1S/C13H18N4O2/c1-5-10(6-2)11(7-14)9(16)17-13(18-3,19-4)12(10,11)8-15/h5-6H2,1-4H3,(H2,16,17)/t11-,12+/m1/s1. The van der Waals surface area contributed by atoms with Crippen LogP contribution in [0.3, 0.4) is 0 Å². The number of aliphatic imine (C=N–C) groups is 1. The number of nitrogens with zero attached hydrogens (tertiary/aromatic N) is 3. The highest BCUT2D eigenvalue weighted by molar-refractivity contribution is 6.00. The van der Waals surface area contributed by atoms with Gasteiger partial charge in [0.1, 0.15) is 11.3 Å². The van der Waals surface area contributed by atoms with E-state index in [9.17, 15) is 10.5 Å². The zero-order valence-electron chi connectivity index (χ0n) is 11.6. The van der Waals surface area contributed by atoms with E-state index in [4.69, 9.17) is 15.2 Å². The molecule has 2 atom stereocenters. The number of methoxy groups -OCH3 is 2. The highest BCUT2D eigenvalue weighted by Crippen LogP contribution is 2.87. The summed E-state index contributed by atoms with van der Waals surface area (Å²) in [7, 11) is 2.84. The number of hydrogen-bond donors (Lipinski definition) is 1. The Kier molecular flexibility index (Phi) is 2.68. The first-order valence-corrected chi connectivity index (χ1v) is 6.28. The summed E-state index contributed by atoms with van der Waals surface area (Å²) in [5.74, 6) is -1.35. The van der Waals surface area contributed by atoms with Crippen LogP contribution in [-0.4, -0.2) is 26.0 Å². The lowest BCUT2D eigenvalue weighted by molar-refractivity contribution is -0.237. The fraction of sp³-hybridized carbons (Fsp3) is 0.769. The van der Waals surface area contributed by atoms with E-state index in [0.717, 1.165) is 0 Å². The predicted molar refractivity (Wildman–Crippen MR) is 67.5 cm³/mol. The number of rotatable bonds is 4. The van der Waals surface area contributed by atoms with E-state index in [-0.39, 0.29) is 5.84 Å². The van der Waals surface area contributed by atoms with Gasteiger partial charge in [-0.15, -0.1) is 0 Å². The van der Waals surface area contributed by atoms with Crippen molar-refractivity contribution in [3.8, 4) is 12.1 Å². The number of nitriles is 2. The van der Waals surface area contributed by atoms with Crippen molar-refractivity contribution in [1.29, 1.82) is 10.5 Å². The summed E-state index contributed by atoms with van der Waals surface area (Å²) in [6.07, 6.45) is 1.27. The third-order valence-corrected chi connectivity index (χ3v) is 5.16. The highest BCUT2D eigenvalue weighted by atomic mass is 16.7. The van der Waals surface area contributed by atoms with E-state index >= 15 is 0 Å². The van der Waals surface area contributed by atoms with Crippen LogP contribution in [0.25, 0.3) is 0 Å². The third kappa shape index (κ3) is 0.898. The molecule has 0 amide bonds. The monoisotopic (exact) mass is 262 g/mol. The Labute approximate surface area is 112 Å². The van der Waals surface area contributed by atoms with Gasteiger partial charge < -0.3 is 15.2 Å². The van der Waals surface area contributed by atoms with E-state index in [0.29, 0.717) is 12.8 Å². The molecule has 0 saturated heterocycles. The highest BCUT2D eigenvalue weighted by Gasteiger charge is 2.99. The molecule has 0 aromatic heterocycles. The average Bonchev–Trinajstić information content (AvgIpc) is 2.93. The zero-order valence-corrected chi connectivity index (χ0v) is 11.6. The molecule has 19 heavy (non-hydrogen) atoms. The van der Waals surface area contributed by atoms with E-state index in [1.807, 2.05) is 13.8 Å². The molecule has 6 nitrogen and oxygen atoms in total. The van der Waals surface area contributed by atoms with Crippen molar-refractivity contribution in [3.63, 3.8) is 0 Å². The molecule has 0 aromatic carbocycles. The van der Waals surface area contributed by atoms with Crippen molar-refractivity contribution in [2.24, 2.45) is 27.0 Å². The normalized spacial score (nSPS) is 36.8. The SMILES string of the molecule is CCC1(CC)[C@]2(C#N)C(OC)(OC)N=C(N)[C@]12C#N. The van der Waals surface area contributed by atoms with Crippen molar-refractivity contribution in [1.82, 2.24) is 0 Å². The third-order valence-electron chi connectivity index (χ3n) is 5.16. The van der Waals surface area contributed by atoms with Crippen molar-refractivity contribution in [3.05, 3.63) is 0 Å². The van der Waals surface area contributed by atoms with E-state index in [1.165, 1.54) is 14.2 Å². The average molecular weight is 262 g/mol. The van der Waals surface area contributed by atoms with Crippen LogP contribution in [0.4, 0.5) is 0 Å². The minimum absolute atomic E-state index is 0.143. The van der Waals surface area contributed by atoms with Crippen LogP contribution in [0.15, 0.2) is 4.99 Å². The molecule has 1 heterocycles. The molecule has 0 radical (unpaired) electrons. The largest absolute Gasteiger partial charge is 0.386 e. The molecule has 1 aliphatic heterocycles. The van der Waals surface area contributed by atoms with Gasteiger partial charge in [0.25, 0.3) is 5.91 Å².